The SMILES string of the molecule is CC(=O)O[C@H]1C(=O)[C@]2(C)C=CC(=O)/C(=C/[C@@H](OC(C)=O)[C@@H]3C[C@H](OC(C)=O)C(C)=C1C3(C)C)C2. The van der Waals surface area contributed by atoms with Crippen LogP contribution in [0.15, 0.2) is 34.9 Å². The number of fused-ring (bicyclic) bond motifs is 4. The lowest BCUT2D eigenvalue weighted by Gasteiger charge is -2.49. The zero-order valence-electron chi connectivity index (χ0n) is 20.7. The van der Waals surface area contributed by atoms with Gasteiger partial charge in [-0.2, -0.15) is 0 Å². The van der Waals surface area contributed by atoms with E-state index in [9.17, 15) is 24.0 Å². The number of carbonyl (C=O) groups is 5. The van der Waals surface area contributed by atoms with E-state index in [0.29, 0.717) is 23.1 Å². The number of ketones is 2. The van der Waals surface area contributed by atoms with Crippen LogP contribution in [-0.2, 0) is 38.2 Å². The second-order valence-corrected chi connectivity index (χ2v) is 10.2. The first-order valence-electron chi connectivity index (χ1n) is 11.4. The summed E-state index contributed by atoms with van der Waals surface area (Å²) in [4.78, 5) is 62.8. The van der Waals surface area contributed by atoms with Gasteiger partial charge in [-0.3, -0.25) is 24.0 Å². The molecular weight excluding hydrogens is 440 g/mol. The quantitative estimate of drug-likeness (QED) is 0.350. The maximum atomic E-state index is 14.0. The number of allylic oxidation sites excluding steroid dienone is 3. The lowest BCUT2D eigenvalue weighted by Crippen LogP contribution is -2.52. The van der Waals surface area contributed by atoms with Crippen molar-refractivity contribution in [1.82, 2.24) is 0 Å². The summed E-state index contributed by atoms with van der Waals surface area (Å²) in [5.74, 6) is -2.78. The van der Waals surface area contributed by atoms with Crippen LogP contribution in [0.2, 0.25) is 0 Å². The summed E-state index contributed by atoms with van der Waals surface area (Å²) >= 11 is 0. The number of esters is 3. The van der Waals surface area contributed by atoms with Crippen LogP contribution in [0.25, 0.3) is 0 Å². The Labute approximate surface area is 199 Å². The van der Waals surface area contributed by atoms with Crippen LogP contribution in [0.3, 0.4) is 0 Å². The summed E-state index contributed by atoms with van der Waals surface area (Å²) in [6, 6.07) is 0. The third-order valence-electron chi connectivity index (χ3n) is 7.19. The molecule has 0 unspecified atom stereocenters. The van der Waals surface area contributed by atoms with E-state index in [1.54, 1.807) is 26.0 Å². The molecule has 3 rings (SSSR count). The van der Waals surface area contributed by atoms with E-state index in [-0.39, 0.29) is 18.0 Å². The molecule has 4 bridgehead atoms. The molecule has 0 saturated carbocycles. The molecule has 0 fully saturated rings. The first-order valence-corrected chi connectivity index (χ1v) is 11.4. The molecule has 0 saturated heterocycles. The molecule has 0 heterocycles. The van der Waals surface area contributed by atoms with Gasteiger partial charge < -0.3 is 14.2 Å². The predicted molar refractivity (Wildman–Crippen MR) is 121 cm³/mol. The molecular formula is C26H32O8. The second kappa shape index (κ2) is 8.96. The fourth-order valence-corrected chi connectivity index (χ4v) is 5.56. The van der Waals surface area contributed by atoms with Crippen LogP contribution in [0.4, 0.5) is 0 Å². The minimum absolute atomic E-state index is 0.0869. The van der Waals surface area contributed by atoms with Crippen molar-refractivity contribution in [3.05, 3.63) is 34.9 Å². The van der Waals surface area contributed by atoms with Gasteiger partial charge in [0.2, 0.25) is 0 Å². The van der Waals surface area contributed by atoms with E-state index >= 15 is 0 Å². The average Bonchev–Trinajstić information content (AvgIpc) is 2.69. The molecule has 0 radical (unpaired) electrons. The number of hydrogen-bond donors (Lipinski definition) is 0. The van der Waals surface area contributed by atoms with Gasteiger partial charge in [0.25, 0.3) is 0 Å². The Hall–Kier alpha value is -3.03. The summed E-state index contributed by atoms with van der Waals surface area (Å²) in [6.45, 7) is 11.0. The first kappa shape index (κ1) is 25.6. The molecule has 3 aliphatic rings. The number of ether oxygens (including phenoxy) is 3. The van der Waals surface area contributed by atoms with Crippen LogP contribution in [-0.4, -0.2) is 47.8 Å². The van der Waals surface area contributed by atoms with Gasteiger partial charge in [-0.15, -0.1) is 0 Å². The number of Topliss-reactive ketones (excluding diaryl/α,β-unsaturated/α-hetero) is 1. The van der Waals surface area contributed by atoms with E-state index in [1.165, 1.54) is 26.8 Å². The summed E-state index contributed by atoms with van der Waals surface area (Å²) < 4.78 is 16.9. The number of carbonyl (C=O) groups excluding carboxylic acids is 5. The average molecular weight is 473 g/mol. The van der Waals surface area contributed by atoms with E-state index < -0.39 is 53.0 Å². The fourth-order valence-electron chi connectivity index (χ4n) is 5.56. The van der Waals surface area contributed by atoms with E-state index in [1.807, 2.05) is 13.8 Å². The van der Waals surface area contributed by atoms with Gasteiger partial charge in [-0.1, -0.05) is 19.9 Å². The Morgan fingerprint density at radius 2 is 1.53 bits per heavy atom. The highest BCUT2D eigenvalue weighted by Gasteiger charge is 2.54. The maximum Gasteiger partial charge on any atom is 0.303 e. The zero-order chi connectivity index (χ0) is 25.6. The molecule has 34 heavy (non-hydrogen) atoms. The van der Waals surface area contributed by atoms with Gasteiger partial charge in [0.1, 0.15) is 12.2 Å². The van der Waals surface area contributed by atoms with E-state index in [0.717, 1.165) is 0 Å². The molecule has 3 aliphatic carbocycles. The highest BCUT2D eigenvalue weighted by molar-refractivity contribution is 6.08. The van der Waals surface area contributed by atoms with Crippen LogP contribution in [0.1, 0.15) is 61.3 Å². The van der Waals surface area contributed by atoms with Crippen LogP contribution in [0.5, 0.6) is 0 Å². The lowest BCUT2D eigenvalue weighted by molar-refractivity contribution is -0.158. The topological polar surface area (TPSA) is 113 Å². The normalized spacial score (nSPS) is 34.0. The van der Waals surface area contributed by atoms with E-state index in [2.05, 4.69) is 0 Å². The summed E-state index contributed by atoms with van der Waals surface area (Å²) in [6.07, 6.45) is 2.10. The van der Waals surface area contributed by atoms with Crippen molar-refractivity contribution in [3.63, 3.8) is 0 Å². The molecule has 0 aliphatic heterocycles. The van der Waals surface area contributed by atoms with Crippen molar-refractivity contribution in [3.8, 4) is 0 Å². The van der Waals surface area contributed by atoms with Crippen molar-refractivity contribution >= 4 is 29.5 Å². The smallest absolute Gasteiger partial charge is 0.303 e. The Kier molecular flexibility index (Phi) is 6.75. The Bertz CT molecular complexity index is 1040. The molecule has 8 nitrogen and oxygen atoms in total. The summed E-state index contributed by atoms with van der Waals surface area (Å²) in [5, 5.41) is 0. The standard InChI is InChI=1S/C26H32O8/c1-13-20(32-14(2)27)11-18-21(33-15(3)28)10-17-12-26(7,9-8-19(17)30)24(31)23(34-16(4)29)22(13)25(18,5)6/h8-10,18,20-21,23H,11-12H2,1-7H3/b17-10+/t18-,20-,21+,23+,26+/m0/s1. The Morgan fingerprint density at radius 1 is 0.941 bits per heavy atom. The number of hydrogen-bond acceptors (Lipinski definition) is 8. The van der Waals surface area contributed by atoms with Crippen molar-refractivity contribution in [2.45, 2.75) is 79.6 Å². The Morgan fingerprint density at radius 3 is 2.09 bits per heavy atom. The predicted octanol–water partition coefficient (Wildman–Crippen LogP) is 3.19. The highest BCUT2D eigenvalue weighted by Crippen LogP contribution is 2.52. The van der Waals surface area contributed by atoms with Gasteiger partial charge >= 0.3 is 17.9 Å². The maximum absolute atomic E-state index is 14.0. The minimum atomic E-state index is -1.26. The van der Waals surface area contributed by atoms with Crippen molar-refractivity contribution in [2.24, 2.45) is 16.7 Å². The zero-order valence-corrected chi connectivity index (χ0v) is 20.7. The summed E-state index contributed by atoms with van der Waals surface area (Å²) in [7, 11) is 0. The third-order valence-corrected chi connectivity index (χ3v) is 7.19. The molecule has 8 heteroatoms. The molecule has 0 aromatic carbocycles. The Balaban J connectivity index is 2.36. The fraction of sp³-hybridized carbons (Fsp3) is 0.577. The molecule has 0 amide bonds. The third kappa shape index (κ3) is 4.63. The van der Waals surface area contributed by atoms with Crippen molar-refractivity contribution < 1.29 is 38.2 Å². The van der Waals surface area contributed by atoms with Crippen LogP contribution >= 0.6 is 0 Å². The van der Waals surface area contributed by atoms with Crippen LogP contribution < -0.4 is 0 Å². The van der Waals surface area contributed by atoms with Gasteiger partial charge in [-0.05, 0) is 55.4 Å². The molecule has 5 atom stereocenters. The van der Waals surface area contributed by atoms with Gasteiger partial charge in [-0.25, -0.2) is 0 Å². The minimum Gasteiger partial charge on any atom is -0.458 e. The molecule has 0 N–H and O–H groups in total. The summed E-state index contributed by atoms with van der Waals surface area (Å²) in [5.41, 5.74) is -0.452. The molecule has 0 aromatic rings. The number of rotatable bonds is 3. The largest absolute Gasteiger partial charge is 0.458 e. The highest BCUT2D eigenvalue weighted by atomic mass is 16.6. The van der Waals surface area contributed by atoms with Crippen molar-refractivity contribution in [2.75, 3.05) is 0 Å². The van der Waals surface area contributed by atoms with Gasteiger partial charge in [0, 0.05) is 32.3 Å². The molecule has 0 aromatic heterocycles. The van der Waals surface area contributed by atoms with Gasteiger partial charge in [0.15, 0.2) is 17.7 Å². The van der Waals surface area contributed by atoms with Crippen LogP contribution in [0, 0.1) is 16.7 Å². The second-order valence-electron chi connectivity index (χ2n) is 10.2. The first-order chi connectivity index (χ1) is 15.7. The monoisotopic (exact) mass is 472 g/mol. The lowest BCUT2D eigenvalue weighted by atomic mass is 9.58. The molecule has 0 spiro atoms. The van der Waals surface area contributed by atoms with Gasteiger partial charge in [0.05, 0.1) is 5.41 Å². The van der Waals surface area contributed by atoms with Crippen molar-refractivity contribution in [1.29, 1.82) is 0 Å². The molecule has 184 valence electrons. The van der Waals surface area contributed by atoms with E-state index in [4.69, 9.17) is 14.2 Å².